The van der Waals surface area contributed by atoms with E-state index in [4.69, 9.17) is 4.74 Å². The molecule has 0 bridgehead atoms. The third kappa shape index (κ3) is 5.44. The molecule has 0 aliphatic rings. The Morgan fingerprint density at radius 2 is 2.07 bits per heavy atom. The Bertz CT molecular complexity index is 222. The minimum atomic E-state index is -0.481. The van der Waals surface area contributed by atoms with Crippen LogP contribution in [-0.4, -0.2) is 32.6 Å². The van der Waals surface area contributed by atoms with Crippen molar-refractivity contribution in [3.63, 3.8) is 0 Å². The number of carbonyl (C=O) groups is 1. The van der Waals surface area contributed by atoms with Crippen LogP contribution in [0, 0.1) is 5.92 Å². The average Bonchev–Trinajstić information content (AvgIpc) is 2.22. The van der Waals surface area contributed by atoms with Crippen molar-refractivity contribution in [1.29, 1.82) is 0 Å². The van der Waals surface area contributed by atoms with Gasteiger partial charge < -0.3 is 4.74 Å². The van der Waals surface area contributed by atoms with Crippen LogP contribution in [-0.2, 0) is 9.53 Å². The summed E-state index contributed by atoms with van der Waals surface area (Å²) in [6.45, 7) is 8.85. The zero-order chi connectivity index (χ0) is 11.8. The predicted molar refractivity (Wildman–Crippen MR) is 67.8 cm³/mol. The first-order valence-corrected chi connectivity index (χ1v) is 7.61. The smallest absolute Gasteiger partial charge is 0.160 e. The fourth-order valence-electron chi connectivity index (χ4n) is 1.49. The molecule has 15 heavy (non-hydrogen) atoms. The highest BCUT2D eigenvalue weighted by Crippen LogP contribution is 2.35. The minimum absolute atomic E-state index is 0.117. The molecule has 0 aromatic carbocycles. The molecule has 0 radical (unpaired) electrons. The lowest BCUT2D eigenvalue weighted by molar-refractivity contribution is -0.114. The highest BCUT2D eigenvalue weighted by molar-refractivity contribution is 7.73. The van der Waals surface area contributed by atoms with Crippen LogP contribution < -0.4 is 0 Å². The SMILES string of the molecule is CC=C(C)C(CCCOC)C(=O)P(C)C. The Kier molecular flexibility index (Phi) is 7.90. The van der Waals surface area contributed by atoms with Gasteiger partial charge in [-0.1, -0.05) is 11.6 Å². The quantitative estimate of drug-likeness (QED) is 0.381. The Morgan fingerprint density at radius 1 is 1.47 bits per heavy atom. The van der Waals surface area contributed by atoms with E-state index in [2.05, 4.69) is 0 Å². The first-order chi connectivity index (χ1) is 7.04. The molecular weight excluding hydrogens is 207 g/mol. The Labute approximate surface area is 94.8 Å². The molecule has 0 saturated heterocycles. The van der Waals surface area contributed by atoms with E-state index in [0.29, 0.717) is 5.52 Å². The predicted octanol–water partition coefficient (Wildman–Crippen LogP) is 3.26. The molecule has 0 saturated carbocycles. The second-order valence-electron chi connectivity index (χ2n) is 3.95. The zero-order valence-electron chi connectivity index (χ0n) is 10.5. The van der Waals surface area contributed by atoms with Gasteiger partial charge in [0.2, 0.25) is 0 Å². The Hall–Kier alpha value is -0.200. The second-order valence-corrected chi connectivity index (χ2v) is 6.18. The summed E-state index contributed by atoms with van der Waals surface area (Å²) in [4.78, 5) is 12.0. The standard InChI is InChI=1S/C12H23O2P/c1-6-10(2)11(8-7-9-14-3)12(13)15(4)5/h6,11H,7-9H2,1-5H3. The minimum Gasteiger partial charge on any atom is -0.385 e. The topological polar surface area (TPSA) is 26.3 Å². The van der Waals surface area contributed by atoms with E-state index in [1.165, 1.54) is 5.57 Å². The number of allylic oxidation sites excluding steroid dienone is 2. The zero-order valence-corrected chi connectivity index (χ0v) is 11.4. The van der Waals surface area contributed by atoms with Crippen molar-refractivity contribution in [1.82, 2.24) is 0 Å². The lowest BCUT2D eigenvalue weighted by Gasteiger charge is -2.18. The summed E-state index contributed by atoms with van der Waals surface area (Å²) in [6.07, 6.45) is 3.93. The molecule has 0 rings (SSSR count). The van der Waals surface area contributed by atoms with Gasteiger partial charge in [-0.25, -0.2) is 0 Å². The third-order valence-corrected chi connectivity index (χ3v) is 3.78. The van der Waals surface area contributed by atoms with Gasteiger partial charge >= 0.3 is 0 Å². The number of hydrogen-bond donors (Lipinski definition) is 0. The largest absolute Gasteiger partial charge is 0.385 e. The van der Waals surface area contributed by atoms with Crippen molar-refractivity contribution >= 4 is 13.4 Å². The fraction of sp³-hybridized carbons (Fsp3) is 0.750. The summed E-state index contributed by atoms with van der Waals surface area (Å²) in [5.41, 5.74) is 1.61. The van der Waals surface area contributed by atoms with E-state index in [1.54, 1.807) is 7.11 Å². The van der Waals surface area contributed by atoms with Gasteiger partial charge in [0.25, 0.3) is 0 Å². The third-order valence-electron chi connectivity index (χ3n) is 2.59. The molecule has 0 heterocycles. The van der Waals surface area contributed by atoms with Crippen molar-refractivity contribution < 1.29 is 9.53 Å². The van der Waals surface area contributed by atoms with Crippen LogP contribution >= 0.6 is 7.92 Å². The average molecular weight is 230 g/mol. The van der Waals surface area contributed by atoms with E-state index in [-0.39, 0.29) is 5.92 Å². The van der Waals surface area contributed by atoms with Gasteiger partial charge in [0.1, 0.15) is 0 Å². The monoisotopic (exact) mass is 230 g/mol. The van der Waals surface area contributed by atoms with Gasteiger partial charge in [-0.05, 0) is 47.9 Å². The molecule has 2 nitrogen and oxygen atoms in total. The summed E-state index contributed by atoms with van der Waals surface area (Å²) in [5.74, 6) is 0.117. The van der Waals surface area contributed by atoms with Crippen molar-refractivity contribution in [2.75, 3.05) is 27.0 Å². The first kappa shape index (κ1) is 14.8. The second kappa shape index (κ2) is 8.01. The van der Waals surface area contributed by atoms with Crippen LogP contribution in [0.25, 0.3) is 0 Å². The molecule has 0 aliphatic heterocycles. The van der Waals surface area contributed by atoms with Crippen LogP contribution in [0.15, 0.2) is 11.6 Å². The van der Waals surface area contributed by atoms with E-state index in [1.807, 2.05) is 33.3 Å². The maximum Gasteiger partial charge on any atom is 0.160 e. The first-order valence-electron chi connectivity index (χ1n) is 5.37. The van der Waals surface area contributed by atoms with E-state index < -0.39 is 7.92 Å². The van der Waals surface area contributed by atoms with Crippen LogP contribution in [0.4, 0.5) is 0 Å². The van der Waals surface area contributed by atoms with Crippen LogP contribution in [0.5, 0.6) is 0 Å². The summed E-state index contributed by atoms with van der Waals surface area (Å²) < 4.78 is 5.02. The lowest BCUT2D eigenvalue weighted by Crippen LogP contribution is -2.14. The number of rotatable bonds is 7. The summed E-state index contributed by atoms with van der Waals surface area (Å²) in [7, 11) is 1.22. The van der Waals surface area contributed by atoms with Gasteiger partial charge in [-0.15, -0.1) is 0 Å². The van der Waals surface area contributed by atoms with Crippen molar-refractivity contribution in [2.45, 2.75) is 26.7 Å². The van der Waals surface area contributed by atoms with Gasteiger partial charge in [0.05, 0.1) is 0 Å². The van der Waals surface area contributed by atoms with Crippen LogP contribution in [0.2, 0.25) is 0 Å². The number of ether oxygens (including phenoxy) is 1. The lowest BCUT2D eigenvalue weighted by atomic mass is 9.96. The molecule has 0 aromatic heterocycles. The van der Waals surface area contributed by atoms with Crippen molar-refractivity contribution in [3.05, 3.63) is 11.6 Å². The van der Waals surface area contributed by atoms with Gasteiger partial charge in [0.15, 0.2) is 5.52 Å². The maximum atomic E-state index is 12.0. The molecule has 0 N–H and O–H groups in total. The number of hydrogen-bond acceptors (Lipinski definition) is 2. The van der Waals surface area contributed by atoms with E-state index in [9.17, 15) is 4.79 Å². The summed E-state index contributed by atoms with van der Waals surface area (Å²) >= 11 is 0. The van der Waals surface area contributed by atoms with E-state index in [0.717, 1.165) is 19.4 Å². The molecule has 0 fully saturated rings. The Morgan fingerprint density at radius 3 is 2.47 bits per heavy atom. The molecule has 3 heteroatoms. The fourth-order valence-corrected chi connectivity index (χ4v) is 2.45. The Balaban J connectivity index is 4.38. The summed E-state index contributed by atoms with van der Waals surface area (Å²) in [6, 6.07) is 0. The van der Waals surface area contributed by atoms with E-state index >= 15 is 0 Å². The molecule has 1 atom stereocenters. The molecule has 0 amide bonds. The highest BCUT2D eigenvalue weighted by Gasteiger charge is 2.21. The summed E-state index contributed by atoms with van der Waals surface area (Å²) in [5, 5.41) is 0. The van der Waals surface area contributed by atoms with Crippen molar-refractivity contribution in [3.8, 4) is 0 Å². The molecule has 1 unspecified atom stereocenters. The molecule has 0 aliphatic carbocycles. The van der Waals surface area contributed by atoms with Gasteiger partial charge in [-0.3, -0.25) is 4.79 Å². The van der Waals surface area contributed by atoms with Gasteiger partial charge in [0, 0.05) is 19.6 Å². The van der Waals surface area contributed by atoms with Crippen LogP contribution in [0.3, 0.4) is 0 Å². The van der Waals surface area contributed by atoms with Gasteiger partial charge in [-0.2, -0.15) is 0 Å². The maximum absolute atomic E-state index is 12.0. The molecule has 0 spiro atoms. The normalized spacial score (nSPS) is 14.4. The highest BCUT2D eigenvalue weighted by atomic mass is 31.1. The van der Waals surface area contributed by atoms with Crippen molar-refractivity contribution in [2.24, 2.45) is 5.92 Å². The molecule has 88 valence electrons. The number of methoxy groups -OCH3 is 1. The molecule has 0 aromatic rings. The number of carbonyl (C=O) groups excluding carboxylic acids is 1. The van der Waals surface area contributed by atoms with Crippen LogP contribution in [0.1, 0.15) is 26.7 Å². The molecular formula is C12H23O2P.